The predicted molar refractivity (Wildman–Crippen MR) is 124 cm³/mol. The van der Waals surface area contributed by atoms with Crippen molar-refractivity contribution in [2.75, 3.05) is 59.0 Å². The van der Waals surface area contributed by atoms with Gasteiger partial charge < -0.3 is 19.8 Å². The fraction of sp³-hybridized carbons (Fsp3) is 0.750. The molecule has 178 valence electrons. The number of nitrogens with one attached hydrogen (secondary N) is 2. The number of aliphatic imine (C=N–C) groups is 1. The van der Waals surface area contributed by atoms with E-state index in [-0.39, 0.29) is 36.1 Å². The third-order valence-electron chi connectivity index (χ3n) is 5.36. The summed E-state index contributed by atoms with van der Waals surface area (Å²) in [4.78, 5) is 8.48. The molecular formula is C20H33F3IN5O2. The quantitative estimate of drug-likeness (QED) is 0.305. The van der Waals surface area contributed by atoms with Crippen molar-refractivity contribution in [3.8, 4) is 0 Å². The minimum Gasteiger partial charge on any atom is -0.465 e. The first-order valence-corrected chi connectivity index (χ1v) is 10.6. The van der Waals surface area contributed by atoms with Crippen LogP contribution in [0.2, 0.25) is 0 Å². The Morgan fingerprint density at radius 1 is 1.26 bits per heavy atom. The molecule has 3 heterocycles. The second kappa shape index (κ2) is 12.3. The molecular weight excluding hydrogens is 526 g/mol. The van der Waals surface area contributed by atoms with Crippen LogP contribution in [0.3, 0.4) is 0 Å². The molecule has 1 aromatic rings. The van der Waals surface area contributed by atoms with Gasteiger partial charge in [0.2, 0.25) is 0 Å². The molecule has 7 nitrogen and oxygen atoms in total. The van der Waals surface area contributed by atoms with Crippen molar-refractivity contribution in [2.24, 2.45) is 4.99 Å². The van der Waals surface area contributed by atoms with Crippen LogP contribution in [0.15, 0.2) is 21.5 Å². The summed E-state index contributed by atoms with van der Waals surface area (Å²) < 4.78 is 49.3. The molecule has 0 spiro atoms. The third-order valence-corrected chi connectivity index (χ3v) is 5.36. The van der Waals surface area contributed by atoms with Crippen LogP contribution in [0.5, 0.6) is 0 Å². The Kier molecular flexibility index (Phi) is 10.4. The average Bonchev–Trinajstić information content (AvgIpc) is 3.30. The van der Waals surface area contributed by atoms with E-state index >= 15 is 0 Å². The molecule has 2 saturated heterocycles. The highest BCUT2D eigenvalue weighted by Gasteiger charge is 2.34. The van der Waals surface area contributed by atoms with Gasteiger partial charge in [-0.25, -0.2) is 0 Å². The fourth-order valence-corrected chi connectivity index (χ4v) is 3.95. The number of halogens is 4. The highest BCUT2D eigenvalue weighted by Crippen LogP contribution is 2.24. The Morgan fingerprint density at radius 2 is 2.00 bits per heavy atom. The highest BCUT2D eigenvalue weighted by molar-refractivity contribution is 14.0. The molecule has 0 radical (unpaired) electrons. The van der Waals surface area contributed by atoms with Crippen LogP contribution in [0, 0.1) is 6.92 Å². The number of aryl methyl sites for hydroxylation is 1. The molecule has 0 aliphatic carbocycles. The molecule has 2 aliphatic heterocycles. The number of morpholine rings is 1. The van der Waals surface area contributed by atoms with Crippen LogP contribution in [0.25, 0.3) is 0 Å². The van der Waals surface area contributed by atoms with E-state index in [0.717, 1.165) is 24.6 Å². The maximum Gasteiger partial charge on any atom is 0.401 e. The highest BCUT2D eigenvalue weighted by atomic mass is 127. The third kappa shape index (κ3) is 8.43. The largest absolute Gasteiger partial charge is 0.465 e. The number of hydrogen-bond acceptors (Lipinski definition) is 5. The first-order valence-electron chi connectivity index (χ1n) is 10.6. The van der Waals surface area contributed by atoms with Crippen molar-refractivity contribution in [2.45, 2.75) is 38.5 Å². The molecule has 2 N–H and O–H groups in total. The standard InChI is InChI=1S/C20H32F3N5O2.HI/c1-3-24-19(26-16-6-7-27(13-16)14-20(21,22)23)25-12-17(18-5-4-15(2)30-18)28-8-10-29-11-9-28;/h4-5,16-17H,3,6-14H2,1-2H3,(H2,24,25,26);1H. The van der Waals surface area contributed by atoms with Gasteiger partial charge in [-0.05, 0) is 32.4 Å². The first kappa shape index (κ1) is 26.2. The van der Waals surface area contributed by atoms with E-state index < -0.39 is 12.7 Å². The average molecular weight is 559 g/mol. The molecule has 0 bridgehead atoms. The molecule has 2 unspecified atom stereocenters. The van der Waals surface area contributed by atoms with Gasteiger partial charge in [0.1, 0.15) is 11.5 Å². The molecule has 3 rings (SSSR count). The Morgan fingerprint density at radius 3 is 2.61 bits per heavy atom. The van der Waals surface area contributed by atoms with Gasteiger partial charge in [-0.15, -0.1) is 24.0 Å². The van der Waals surface area contributed by atoms with Gasteiger partial charge in [0, 0.05) is 38.8 Å². The summed E-state index contributed by atoms with van der Waals surface area (Å²) in [7, 11) is 0. The van der Waals surface area contributed by atoms with Crippen molar-refractivity contribution in [3.05, 3.63) is 23.7 Å². The summed E-state index contributed by atoms with van der Waals surface area (Å²) in [5, 5.41) is 6.52. The molecule has 1 aromatic heterocycles. The Hall–Kier alpha value is -1.05. The van der Waals surface area contributed by atoms with Crippen LogP contribution >= 0.6 is 24.0 Å². The monoisotopic (exact) mass is 559 g/mol. The van der Waals surface area contributed by atoms with Crippen LogP contribution in [-0.2, 0) is 4.74 Å². The molecule has 2 atom stereocenters. The molecule has 31 heavy (non-hydrogen) atoms. The lowest BCUT2D eigenvalue weighted by molar-refractivity contribution is -0.143. The zero-order chi connectivity index (χ0) is 21.6. The van der Waals surface area contributed by atoms with Gasteiger partial charge in [0.15, 0.2) is 5.96 Å². The molecule has 0 amide bonds. The Labute approximate surface area is 198 Å². The SMILES string of the molecule is CCNC(=NCC(c1ccc(C)o1)N1CCOCC1)NC1CCN(CC(F)(F)F)C1.I. The van der Waals surface area contributed by atoms with Gasteiger partial charge in [-0.3, -0.25) is 14.8 Å². The van der Waals surface area contributed by atoms with Crippen molar-refractivity contribution in [3.63, 3.8) is 0 Å². The maximum atomic E-state index is 12.6. The summed E-state index contributed by atoms with van der Waals surface area (Å²) in [6.07, 6.45) is -3.51. The van der Waals surface area contributed by atoms with Crippen LogP contribution in [0.1, 0.15) is 30.9 Å². The fourth-order valence-electron chi connectivity index (χ4n) is 3.95. The van der Waals surface area contributed by atoms with Crippen molar-refractivity contribution in [1.82, 2.24) is 20.4 Å². The lowest BCUT2D eigenvalue weighted by Gasteiger charge is -2.32. The minimum atomic E-state index is -4.17. The number of alkyl halides is 3. The van der Waals surface area contributed by atoms with E-state index in [1.807, 2.05) is 26.0 Å². The second-order valence-electron chi connectivity index (χ2n) is 7.81. The summed E-state index contributed by atoms with van der Waals surface area (Å²) in [5.74, 6) is 2.34. The van der Waals surface area contributed by atoms with Gasteiger partial charge in [-0.1, -0.05) is 0 Å². The molecule has 0 aromatic carbocycles. The number of nitrogens with zero attached hydrogens (tertiary/aromatic N) is 3. The number of furan rings is 1. The van der Waals surface area contributed by atoms with Crippen LogP contribution in [0.4, 0.5) is 13.2 Å². The van der Waals surface area contributed by atoms with E-state index in [4.69, 9.17) is 14.1 Å². The van der Waals surface area contributed by atoms with Gasteiger partial charge in [0.25, 0.3) is 0 Å². The van der Waals surface area contributed by atoms with E-state index in [9.17, 15) is 13.2 Å². The lowest BCUT2D eigenvalue weighted by Crippen LogP contribution is -2.46. The molecule has 0 saturated carbocycles. The smallest absolute Gasteiger partial charge is 0.401 e. The number of guanidine groups is 1. The normalized spacial score (nSPS) is 22.2. The molecule has 2 fully saturated rings. The van der Waals surface area contributed by atoms with Crippen LogP contribution < -0.4 is 10.6 Å². The topological polar surface area (TPSA) is 65.3 Å². The summed E-state index contributed by atoms with van der Waals surface area (Å²) in [6, 6.07) is 3.86. The van der Waals surface area contributed by atoms with E-state index in [2.05, 4.69) is 15.5 Å². The maximum absolute atomic E-state index is 12.6. The zero-order valence-electron chi connectivity index (χ0n) is 18.1. The number of hydrogen-bond donors (Lipinski definition) is 2. The summed E-state index contributed by atoms with van der Waals surface area (Å²) in [6.45, 7) is 7.93. The zero-order valence-corrected chi connectivity index (χ0v) is 20.4. The lowest BCUT2D eigenvalue weighted by atomic mass is 10.1. The number of ether oxygens (including phenoxy) is 1. The van der Waals surface area contributed by atoms with E-state index in [1.165, 1.54) is 4.90 Å². The minimum absolute atomic E-state index is 0. The number of likely N-dealkylation sites (tertiary alicyclic amines) is 1. The predicted octanol–water partition coefficient (Wildman–Crippen LogP) is 2.77. The van der Waals surface area contributed by atoms with E-state index in [0.29, 0.717) is 51.8 Å². The Bertz CT molecular complexity index is 695. The molecule has 11 heteroatoms. The first-order chi connectivity index (χ1) is 14.3. The van der Waals surface area contributed by atoms with Crippen LogP contribution in [-0.4, -0.2) is 87.0 Å². The van der Waals surface area contributed by atoms with Gasteiger partial charge in [0.05, 0.1) is 32.3 Å². The summed E-state index contributed by atoms with van der Waals surface area (Å²) in [5.41, 5.74) is 0. The van der Waals surface area contributed by atoms with Gasteiger partial charge in [-0.2, -0.15) is 13.2 Å². The Balaban J connectivity index is 0.00000341. The molecule has 2 aliphatic rings. The summed E-state index contributed by atoms with van der Waals surface area (Å²) >= 11 is 0. The number of rotatable bonds is 7. The van der Waals surface area contributed by atoms with E-state index in [1.54, 1.807) is 0 Å². The van der Waals surface area contributed by atoms with Crippen molar-refractivity contribution in [1.29, 1.82) is 0 Å². The van der Waals surface area contributed by atoms with Gasteiger partial charge >= 0.3 is 6.18 Å². The van der Waals surface area contributed by atoms with Crippen molar-refractivity contribution >= 4 is 29.9 Å². The second-order valence-corrected chi connectivity index (χ2v) is 7.81. The van der Waals surface area contributed by atoms with Crippen molar-refractivity contribution < 1.29 is 22.3 Å².